The molecule has 4 nitrogen and oxygen atoms in total. The highest BCUT2D eigenvalue weighted by Crippen LogP contribution is 2.27. The lowest BCUT2D eigenvalue weighted by molar-refractivity contribution is -0.897. The molecule has 2 aromatic carbocycles. The van der Waals surface area contributed by atoms with Crippen LogP contribution in [0, 0.1) is 0 Å². The third-order valence-electron chi connectivity index (χ3n) is 4.46. The Labute approximate surface area is 164 Å². The fourth-order valence-electron chi connectivity index (χ4n) is 2.99. The van der Waals surface area contributed by atoms with Crippen LogP contribution in [0.5, 0.6) is 0 Å². The predicted octanol–water partition coefficient (Wildman–Crippen LogP) is 2.60. The van der Waals surface area contributed by atoms with Crippen LogP contribution in [0.2, 0.25) is 10.0 Å². The Morgan fingerprint density at radius 1 is 1.04 bits per heavy atom. The molecule has 0 radical (unpaired) electrons. The Morgan fingerprint density at radius 3 is 2.42 bits per heavy atom. The van der Waals surface area contributed by atoms with Gasteiger partial charge in [0.1, 0.15) is 4.90 Å². The molecule has 7 heteroatoms. The van der Waals surface area contributed by atoms with E-state index in [0.717, 1.165) is 19.6 Å². The van der Waals surface area contributed by atoms with Crippen molar-refractivity contribution in [3.63, 3.8) is 0 Å². The number of halogens is 2. The van der Waals surface area contributed by atoms with E-state index in [9.17, 15) is 8.42 Å². The number of benzene rings is 2. The zero-order valence-electron chi connectivity index (χ0n) is 14.2. The van der Waals surface area contributed by atoms with Gasteiger partial charge in [-0.2, -0.15) is 4.31 Å². The zero-order valence-corrected chi connectivity index (χ0v) is 16.6. The van der Waals surface area contributed by atoms with Crippen LogP contribution in [0.15, 0.2) is 59.5 Å². The van der Waals surface area contributed by atoms with Gasteiger partial charge in [0.05, 0.1) is 37.7 Å². The highest BCUT2D eigenvalue weighted by molar-refractivity contribution is 7.89. The van der Waals surface area contributed by atoms with Crippen LogP contribution in [0.4, 0.5) is 0 Å². The average molecular weight is 412 g/mol. The first kappa shape index (κ1) is 19.4. The van der Waals surface area contributed by atoms with Gasteiger partial charge in [-0.3, -0.25) is 0 Å². The molecule has 0 aliphatic carbocycles. The van der Waals surface area contributed by atoms with Crippen molar-refractivity contribution in [2.75, 3.05) is 32.7 Å². The predicted molar refractivity (Wildman–Crippen MR) is 106 cm³/mol. The molecular formula is C19H21Cl2N2O2S+. The molecule has 1 N–H and O–H groups in total. The van der Waals surface area contributed by atoms with Crippen LogP contribution in [0.3, 0.4) is 0 Å². The van der Waals surface area contributed by atoms with Crippen LogP contribution in [-0.4, -0.2) is 45.4 Å². The molecule has 0 aromatic heterocycles. The van der Waals surface area contributed by atoms with E-state index in [-0.39, 0.29) is 9.92 Å². The Balaban J connectivity index is 1.59. The topological polar surface area (TPSA) is 41.8 Å². The van der Waals surface area contributed by atoms with Crippen LogP contribution in [-0.2, 0) is 10.0 Å². The molecule has 2 aromatic rings. The number of quaternary nitrogens is 1. The largest absolute Gasteiger partial charge is 0.329 e. The van der Waals surface area contributed by atoms with Crippen molar-refractivity contribution in [2.45, 2.75) is 4.90 Å². The van der Waals surface area contributed by atoms with Crippen molar-refractivity contribution in [3.05, 3.63) is 70.2 Å². The second-order valence-electron chi connectivity index (χ2n) is 6.25. The lowest BCUT2D eigenvalue weighted by atomic mass is 10.2. The zero-order chi connectivity index (χ0) is 18.6. The van der Waals surface area contributed by atoms with Gasteiger partial charge in [-0.05, 0) is 29.8 Å². The number of nitrogens with one attached hydrogen (secondary N) is 1. The van der Waals surface area contributed by atoms with Crippen LogP contribution >= 0.6 is 23.2 Å². The van der Waals surface area contributed by atoms with Crippen LogP contribution in [0.25, 0.3) is 6.08 Å². The van der Waals surface area contributed by atoms with E-state index in [1.165, 1.54) is 26.9 Å². The number of nitrogens with zero attached hydrogens (tertiary/aromatic N) is 1. The Morgan fingerprint density at radius 2 is 1.73 bits per heavy atom. The second kappa shape index (κ2) is 8.55. The van der Waals surface area contributed by atoms with Gasteiger partial charge in [0, 0.05) is 5.02 Å². The molecule has 0 saturated carbocycles. The minimum absolute atomic E-state index is 0.0825. The van der Waals surface area contributed by atoms with E-state index in [0.29, 0.717) is 18.1 Å². The molecule has 1 aliphatic heterocycles. The van der Waals surface area contributed by atoms with Crippen molar-refractivity contribution < 1.29 is 13.3 Å². The van der Waals surface area contributed by atoms with Crippen molar-refractivity contribution in [3.8, 4) is 0 Å². The quantitative estimate of drug-likeness (QED) is 0.821. The Hall–Kier alpha value is -1.37. The lowest BCUT2D eigenvalue weighted by Crippen LogP contribution is -3.14. The van der Waals surface area contributed by atoms with Crippen molar-refractivity contribution >= 4 is 39.3 Å². The first-order valence-corrected chi connectivity index (χ1v) is 10.7. The molecule has 0 spiro atoms. The van der Waals surface area contributed by atoms with Gasteiger partial charge in [-0.15, -0.1) is 0 Å². The number of sulfonamides is 1. The highest BCUT2D eigenvalue weighted by Gasteiger charge is 2.31. The minimum atomic E-state index is -3.62. The molecule has 1 aliphatic rings. The van der Waals surface area contributed by atoms with Gasteiger partial charge < -0.3 is 4.90 Å². The van der Waals surface area contributed by atoms with Gasteiger partial charge in [-0.25, -0.2) is 8.42 Å². The van der Waals surface area contributed by atoms with E-state index in [2.05, 4.69) is 24.3 Å². The lowest BCUT2D eigenvalue weighted by Gasteiger charge is -2.31. The van der Waals surface area contributed by atoms with E-state index in [1.54, 1.807) is 6.07 Å². The SMILES string of the molecule is O=S(=O)(c1cc(Cl)ccc1Cl)N1CC[NH+](C/C=C/c2ccccc2)CC1. The van der Waals surface area contributed by atoms with E-state index >= 15 is 0 Å². The number of hydrogen-bond donors (Lipinski definition) is 1. The molecule has 1 heterocycles. The molecule has 3 rings (SSSR count). The molecule has 0 unspecified atom stereocenters. The maximum Gasteiger partial charge on any atom is 0.245 e. The van der Waals surface area contributed by atoms with E-state index in [1.807, 2.05) is 18.2 Å². The summed E-state index contributed by atoms with van der Waals surface area (Å²) in [5.41, 5.74) is 1.17. The van der Waals surface area contributed by atoms with Gasteiger partial charge in [-0.1, -0.05) is 59.6 Å². The third-order valence-corrected chi connectivity index (χ3v) is 7.07. The smallest absolute Gasteiger partial charge is 0.245 e. The van der Waals surface area contributed by atoms with E-state index < -0.39 is 10.0 Å². The van der Waals surface area contributed by atoms with Gasteiger partial charge in [0.25, 0.3) is 0 Å². The van der Waals surface area contributed by atoms with Crippen LogP contribution < -0.4 is 4.90 Å². The second-order valence-corrected chi connectivity index (χ2v) is 9.00. The molecule has 1 fully saturated rings. The van der Waals surface area contributed by atoms with Gasteiger partial charge in [0.15, 0.2) is 0 Å². The average Bonchev–Trinajstić information content (AvgIpc) is 2.65. The first-order chi connectivity index (χ1) is 12.5. The summed E-state index contributed by atoms with van der Waals surface area (Å²) >= 11 is 12.0. The maximum absolute atomic E-state index is 12.8. The molecule has 1 saturated heterocycles. The number of rotatable bonds is 5. The highest BCUT2D eigenvalue weighted by atomic mass is 35.5. The summed E-state index contributed by atoms with van der Waals surface area (Å²) in [5.74, 6) is 0. The van der Waals surface area contributed by atoms with E-state index in [4.69, 9.17) is 23.2 Å². The Bertz CT molecular complexity index is 878. The minimum Gasteiger partial charge on any atom is -0.329 e. The van der Waals surface area contributed by atoms with Crippen molar-refractivity contribution in [1.29, 1.82) is 0 Å². The molecular weight excluding hydrogens is 391 g/mol. The molecule has 0 bridgehead atoms. The number of hydrogen-bond acceptors (Lipinski definition) is 2. The summed E-state index contributed by atoms with van der Waals surface area (Å²) in [7, 11) is -3.62. The van der Waals surface area contributed by atoms with Crippen molar-refractivity contribution in [1.82, 2.24) is 4.31 Å². The third kappa shape index (κ3) is 4.67. The number of piperazine rings is 1. The fourth-order valence-corrected chi connectivity index (χ4v) is 5.17. The van der Waals surface area contributed by atoms with Gasteiger partial charge >= 0.3 is 0 Å². The van der Waals surface area contributed by atoms with Gasteiger partial charge in [0.2, 0.25) is 10.0 Å². The summed E-state index contributed by atoms with van der Waals surface area (Å²) in [4.78, 5) is 1.44. The standard InChI is InChI=1S/C19H20Cl2N2O2S/c20-17-8-9-18(21)19(15-17)26(24,25)23-13-11-22(12-14-23)10-4-7-16-5-2-1-3-6-16/h1-9,15H,10-14H2/p+1/b7-4+. The molecule has 0 amide bonds. The summed E-state index contributed by atoms with van der Waals surface area (Å²) in [6.45, 7) is 3.34. The molecule has 138 valence electrons. The summed E-state index contributed by atoms with van der Waals surface area (Å²) in [6, 6.07) is 14.7. The Kier molecular flexibility index (Phi) is 6.37. The summed E-state index contributed by atoms with van der Waals surface area (Å²) < 4.78 is 27.1. The first-order valence-electron chi connectivity index (χ1n) is 8.47. The van der Waals surface area contributed by atoms with Crippen molar-refractivity contribution in [2.24, 2.45) is 0 Å². The van der Waals surface area contributed by atoms with Crippen LogP contribution in [0.1, 0.15) is 5.56 Å². The molecule has 26 heavy (non-hydrogen) atoms. The molecule has 0 atom stereocenters. The monoisotopic (exact) mass is 411 g/mol. The normalized spacial score (nSPS) is 17.0. The summed E-state index contributed by atoms with van der Waals surface area (Å²) in [5, 5.41) is 0.568. The summed E-state index contributed by atoms with van der Waals surface area (Å²) in [6.07, 6.45) is 4.24. The maximum atomic E-state index is 12.8. The fraction of sp³-hybridized carbons (Fsp3) is 0.263.